The van der Waals surface area contributed by atoms with E-state index in [-0.39, 0.29) is 12.2 Å². The molecule has 0 aliphatic rings. The fourth-order valence-corrected chi connectivity index (χ4v) is 1.67. The van der Waals surface area contributed by atoms with Gasteiger partial charge in [-0.25, -0.2) is 4.39 Å². The zero-order valence-electron chi connectivity index (χ0n) is 9.48. The van der Waals surface area contributed by atoms with E-state index in [1.165, 1.54) is 12.3 Å². The van der Waals surface area contributed by atoms with Crippen molar-refractivity contribution in [2.75, 3.05) is 0 Å². The van der Waals surface area contributed by atoms with Gasteiger partial charge in [-0.2, -0.15) is 0 Å². The number of ketones is 1. The van der Waals surface area contributed by atoms with Gasteiger partial charge in [0, 0.05) is 18.2 Å². The Kier molecular flexibility index (Phi) is 3.28. The summed E-state index contributed by atoms with van der Waals surface area (Å²) in [4.78, 5) is 15.5. The molecule has 0 amide bonds. The third kappa shape index (κ3) is 2.97. The lowest BCUT2D eigenvalue weighted by molar-refractivity contribution is 0.0992. The van der Waals surface area contributed by atoms with Crippen molar-refractivity contribution in [3.05, 3.63) is 65.2 Å². The van der Waals surface area contributed by atoms with E-state index in [1.54, 1.807) is 0 Å². The largest absolute Gasteiger partial charge is 0.294 e. The van der Waals surface area contributed by atoms with Crippen LogP contribution in [-0.4, -0.2) is 10.8 Å². The Labute approximate surface area is 99.1 Å². The van der Waals surface area contributed by atoms with Gasteiger partial charge in [-0.1, -0.05) is 29.8 Å². The van der Waals surface area contributed by atoms with Gasteiger partial charge >= 0.3 is 0 Å². The molecule has 2 nitrogen and oxygen atoms in total. The quantitative estimate of drug-likeness (QED) is 0.757. The molecule has 0 saturated carbocycles. The van der Waals surface area contributed by atoms with Gasteiger partial charge in [0.2, 0.25) is 0 Å². The van der Waals surface area contributed by atoms with Crippen molar-refractivity contribution in [1.29, 1.82) is 0 Å². The van der Waals surface area contributed by atoms with Crippen molar-refractivity contribution in [2.24, 2.45) is 0 Å². The number of hydrogen-bond acceptors (Lipinski definition) is 2. The summed E-state index contributed by atoms with van der Waals surface area (Å²) in [6.07, 6.45) is 2.75. The molecule has 1 aromatic heterocycles. The molecule has 0 saturated heterocycles. The van der Waals surface area contributed by atoms with E-state index >= 15 is 0 Å². The Morgan fingerprint density at radius 1 is 1.29 bits per heavy atom. The molecule has 0 N–H and O–H groups in total. The Hall–Kier alpha value is -2.03. The van der Waals surface area contributed by atoms with Gasteiger partial charge < -0.3 is 0 Å². The summed E-state index contributed by atoms with van der Waals surface area (Å²) in [5, 5.41) is 0. The monoisotopic (exact) mass is 229 g/mol. The molecule has 0 fully saturated rings. The molecular weight excluding hydrogens is 217 g/mol. The van der Waals surface area contributed by atoms with Crippen molar-refractivity contribution in [3.8, 4) is 0 Å². The molecule has 1 aromatic carbocycles. The third-order valence-electron chi connectivity index (χ3n) is 2.47. The minimum absolute atomic E-state index is 0.123. The Morgan fingerprint density at radius 2 is 2.12 bits per heavy atom. The maximum absolute atomic E-state index is 12.9. The van der Waals surface area contributed by atoms with E-state index in [0.717, 1.165) is 17.3 Å². The molecule has 86 valence electrons. The van der Waals surface area contributed by atoms with Gasteiger partial charge in [-0.15, -0.1) is 0 Å². The predicted octanol–water partition coefficient (Wildman–Crippen LogP) is 2.95. The fraction of sp³-hybridized carbons (Fsp3) is 0.143. The first kappa shape index (κ1) is 11.5. The van der Waals surface area contributed by atoms with Crippen molar-refractivity contribution in [1.82, 2.24) is 4.98 Å². The van der Waals surface area contributed by atoms with Gasteiger partial charge in [0.05, 0.1) is 6.20 Å². The number of rotatable bonds is 3. The summed E-state index contributed by atoms with van der Waals surface area (Å²) < 4.78 is 12.9. The zero-order chi connectivity index (χ0) is 12.3. The summed E-state index contributed by atoms with van der Waals surface area (Å²) in [5.41, 5.74) is 2.35. The van der Waals surface area contributed by atoms with Gasteiger partial charge in [0.15, 0.2) is 5.78 Å². The number of nitrogens with zero attached hydrogens (tertiary/aromatic N) is 1. The van der Waals surface area contributed by atoms with Crippen molar-refractivity contribution >= 4 is 5.78 Å². The lowest BCUT2D eigenvalue weighted by atomic mass is 10.0. The number of aryl methyl sites for hydroxylation is 1. The van der Waals surface area contributed by atoms with Crippen molar-refractivity contribution in [3.63, 3.8) is 0 Å². The second-order valence-corrected chi connectivity index (χ2v) is 3.98. The topological polar surface area (TPSA) is 30.0 Å². The minimum Gasteiger partial charge on any atom is -0.294 e. The van der Waals surface area contributed by atoms with Crippen LogP contribution in [0, 0.1) is 12.7 Å². The number of Topliss-reactive ketones (excluding diaryl/α,β-unsaturated/α-hetero) is 1. The average Bonchev–Trinajstić information content (AvgIpc) is 2.29. The third-order valence-corrected chi connectivity index (χ3v) is 2.47. The van der Waals surface area contributed by atoms with E-state index in [9.17, 15) is 9.18 Å². The Balaban J connectivity index is 2.17. The van der Waals surface area contributed by atoms with Gasteiger partial charge in [0.1, 0.15) is 5.82 Å². The van der Waals surface area contributed by atoms with Crippen LogP contribution in [0.15, 0.2) is 42.7 Å². The average molecular weight is 229 g/mol. The maximum atomic E-state index is 12.9. The first-order valence-corrected chi connectivity index (χ1v) is 5.34. The van der Waals surface area contributed by atoms with Crippen LogP contribution in [0.2, 0.25) is 0 Å². The van der Waals surface area contributed by atoms with Crippen LogP contribution < -0.4 is 0 Å². The van der Waals surface area contributed by atoms with E-state index in [2.05, 4.69) is 4.98 Å². The summed E-state index contributed by atoms with van der Waals surface area (Å²) >= 11 is 0. The van der Waals surface area contributed by atoms with E-state index < -0.39 is 5.82 Å². The molecule has 1 heterocycles. The second-order valence-electron chi connectivity index (χ2n) is 3.98. The highest BCUT2D eigenvalue weighted by Crippen LogP contribution is 2.09. The molecule has 0 aliphatic heterocycles. The molecule has 3 heteroatoms. The molecule has 0 radical (unpaired) electrons. The van der Waals surface area contributed by atoms with E-state index in [0.29, 0.717) is 5.56 Å². The number of halogens is 1. The zero-order valence-corrected chi connectivity index (χ0v) is 9.48. The second kappa shape index (κ2) is 4.87. The highest BCUT2D eigenvalue weighted by molar-refractivity contribution is 5.97. The number of pyridine rings is 1. The van der Waals surface area contributed by atoms with Crippen LogP contribution in [0.25, 0.3) is 0 Å². The standard InChI is InChI=1S/C14H12FNO/c1-10-3-2-4-11(5-10)6-14(17)12-7-13(15)9-16-8-12/h2-5,7-9H,6H2,1H3. The summed E-state index contributed by atoms with van der Waals surface area (Å²) in [5.74, 6) is -0.609. The Morgan fingerprint density at radius 3 is 2.82 bits per heavy atom. The molecule has 0 unspecified atom stereocenters. The molecule has 2 aromatic rings. The van der Waals surface area contributed by atoms with Crippen LogP contribution in [-0.2, 0) is 6.42 Å². The van der Waals surface area contributed by atoms with Gasteiger partial charge in [-0.05, 0) is 18.6 Å². The predicted molar refractivity (Wildman–Crippen MR) is 63.4 cm³/mol. The normalized spacial score (nSPS) is 10.2. The molecule has 0 aliphatic carbocycles. The molecule has 0 bridgehead atoms. The fourth-order valence-electron chi connectivity index (χ4n) is 1.67. The van der Waals surface area contributed by atoms with Gasteiger partial charge in [-0.3, -0.25) is 9.78 Å². The van der Waals surface area contributed by atoms with Crippen LogP contribution in [0.4, 0.5) is 4.39 Å². The summed E-state index contributed by atoms with van der Waals surface area (Å²) in [7, 11) is 0. The van der Waals surface area contributed by atoms with Crippen molar-refractivity contribution < 1.29 is 9.18 Å². The molecule has 0 atom stereocenters. The first-order valence-electron chi connectivity index (χ1n) is 5.34. The molecular formula is C14H12FNO. The number of carbonyl (C=O) groups is 1. The summed E-state index contributed by atoms with van der Waals surface area (Å²) in [6.45, 7) is 1.97. The smallest absolute Gasteiger partial charge is 0.168 e. The molecule has 2 rings (SSSR count). The lowest BCUT2D eigenvalue weighted by Crippen LogP contribution is -2.04. The van der Waals surface area contributed by atoms with E-state index in [1.807, 2.05) is 31.2 Å². The van der Waals surface area contributed by atoms with E-state index in [4.69, 9.17) is 0 Å². The van der Waals surface area contributed by atoms with Crippen LogP contribution >= 0.6 is 0 Å². The molecule has 17 heavy (non-hydrogen) atoms. The number of hydrogen-bond donors (Lipinski definition) is 0. The minimum atomic E-state index is -0.486. The summed E-state index contributed by atoms with van der Waals surface area (Å²) in [6, 6.07) is 8.92. The SMILES string of the molecule is Cc1cccc(CC(=O)c2cncc(F)c2)c1. The number of benzene rings is 1. The highest BCUT2D eigenvalue weighted by Gasteiger charge is 2.08. The van der Waals surface area contributed by atoms with Crippen LogP contribution in [0.5, 0.6) is 0 Å². The number of aromatic nitrogens is 1. The van der Waals surface area contributed by atoms with Crippen molar-refractivity contribution in [2.45, 2.75) is 13.3 Å². The number of carbonyl (C=O) groups excluding carboxylic acids is 1. The highest BCUT2D eigenvalue weighted by atomic mass is 19.1. The lowest BCUT2D eigenvalue weighted by Gasteiger charge is -2.02. The maximum Gasteiger partial charge on any atom is 0.168 e. The van der Waals surface area contributed by atoms with Gasteiger partial charge in [0.25, 0.3) is 0 Å². The van der Waals surface area contributed by atoms with Crippen LogP contribution in [0.3, 0.4) is 0 Å². The Bertz CT molecular complexity index is 551. The first-order chi connectivity index (χ1) is 8.15. The molecule has 0 spiro atoms. The van der Waals surface area contributed by atoms with Crippen LogP contribution in [0.1, 0.15) is 21.5 Å².